The smallest absolute Gasteiger partial charge is 0.244 e. The lowest BCUT2D eigenvalue weighted by atomic mass is 10.1. The fraction of sp³-hybridized carbons (Fsp3) is 0.440. The summed E-state index contributed by atoms with van der Waals surface area (Å²) < 4.78 is 44.8. The van der Waals surface area contributed by atoms with Crippen molar-refractivity contribution in [2.75, 3.05) is 30.8 Å². The molecule has 11 heteroatoms. The molecule has 0 aliphatic carbocycles. The molecule has 2 aromatic carbocycles. The first kappa shape index (κ1) is 29.4. The molecule has 8 nitrogen and oxygen atoms in total. The van der Waals surface area contributed by atoms with Crippen molar-refractivity contribution in [1.29, 1.82) is 0 Å². The summed E-state index contributed by atoms with van der Waals surface area (Å²) in [6, 6.07) is 9.09. The molecule has 0 fully saturated rings. The SMILES string of the molecule is CCC(C(=O)NCC(C)C)N(Cc1ccc(F)cc1)C(=O)CN(c1ccc(OC)c(Cl)c1)S(C)(=O)=O. The number of halogens is 2. The maximum Gasteiger partial charge on any atom is 0.244 e. The first-order valence-corrected chi connectivity index (χ1v) is 13.7. The number of hydrogen-bond donors (Lipinski definition) is 1. The number of rotatable bonds is 12. The largest absolute Gasteiger partial charge is 0.495 e. The molecule has 36 heavy (non-hydrogen) atoms. The lowest BCUT2D eigenvalue weighted by Crippen LogP contribution is -2.52. The van der Waals surface area contributed by atoms with Crippen molar-refractivity contribution in [2.24, 2.45) is 5.92 Å². The molecule has 1 atom stereocenters. The minimum Gasteiger partial charge on any atom is -0.495 e. The lowest BCUT2D eigenvalue weighted by Gasteiger charge is -2.33. The van der Waals surface area contributed by atoms with Crippen molar-refractivity contribution in [3.8, 4) is 5.75 Å². The number of ether oxygens (including phenoxy) is 1. The molecule has 0 saturated carbocycles. The molecule has 198 valence electrons. The van der Waals surface area contributed by atoms with Gasteiger partial charge in [-0.25, -0.2) is 12.8 Å². The van der Waals surface area contributed by atoms with Crippen LogP contribution in [0.5, 0.6) is 5.75 Å². The van der Waals surface area contributed by atoms with Crippen molar-refractivity contribution < 1.29 is 27.1 Å². The van der Waals surface area contributed by atoms with Crippen LogP contribution in [-0.4, -0.2) is 57.6 Å². The maximum absolute atomic E-state index is 13.6. The highest BCUT2D eigenvalue weighted by atomic mass is 35.5. The Bertz CT molecular complexity index is 1160. The molecule has 0 saturated heterocycles. The minimum atomic E-state index is -3.90. The monoisotopic (exact) mass is 541 g/mol. The van der Waals surface area contributed by atoms with Crippen LogP contribution in [0.1, 0.15) is 32.8 Å². The number of hydrogen-bond acceptors (Lipinski definition) is 5. The van der Waals surface area contributed by atoms with Crippen LogP contribution in [0.3, 0.4) is 0 Å². The van der Waals surface area contributed by atoms with Gasteiger partial charge in [0.25, 0.3) is 0 Å². The number of anilines is 1. The van der Waals surface area contributed by atoms with Crippen LogP contribution in [0, 0.1) is 11.7 Å². The summed E-state index contributed by atoms with van der Waals surface area (Å²) in [5.74, 6) is -0.819. The lowest BCUT2D eigenvalue weighted by molar-refractivity contribution is -0.140. The van der Waals surface area contributed by atoms with Gasteiger partial charge >= 0.3 is 0 Å². The maximum atomic E-state index is 13.6. The fourth-order valence-electron chi connectivity index (χ4n) is 3.55. The Kier molecular flexibility index (Phi) is 10.5. The molecular formula is C25H33ClFN3O5S. The molecule has 0 aromatic heterocycles. The summed E-state index contributed by atoms with van der Waals surface area (Å²) in [5.41, 5.74) is 0.772. The second kappa shape index (κ2) is 12.9. The van der Waals surface area contributed by atoms with Crippen LogP contribution in [0.15, 0.2) is 42.5 Å². The Morgan fingerprint density at radius 3 is 2.28 bits per heavy atom. The van der Waals surface area contributed by atoms with Gasteiger partial charge in [-0.05, 0) is 48.2 Å². The summed E-state index contributed by atoms with van der Waals surface area (Å²) in [7, 11) is -2.47. The zero-order chi connectivity index (χ0) is 27.0. The van der Waals surface area contributed by atoms with E-state index in [1.165, 1.54) is 54.5 Å². The number of carbonyl (C=O) groups is 2. The Balaban J connectivity index is 2.44. The Hall–Kier alpha value is -2.85. The molecule has 0 spiro atoms. The summed E-state index contributed by atoms with van der Waals surface area (Å²) >= 11 is 6.19. The number of carbonyl (C=O) groups excluding carboxylic acids is 2. The number of methoxy groups -OCH3 is 1. The van der Waals surface area contributed by atoms with Crippen LogP contribution in [0.4, 0.5) is 10.1 Å². The molecule has 2 rings (SSSR count). The second-order valence-corrected chi connectivity index (χ2v) is 11.1. The number of sulfonamides is 1. The number of amides is 2. The molecule has 0 aliphatic rings. The topological polar surface area (TPSA) is 96.0 Å². The van der Waals surface area contributed by atoms with Crippen molar-refractivity contribution >= 4 is 39.1 Å². The van der Waals surface area contributed by atoms with Crippen LogP contribution in [0.25, 0.3) is 0 Å². The van der Waals surface area contributed by atoms with Gasteiger partial charge in [-0.1, -0.05) is 44.5 Å². The number of nitrogens with zero attached hydrogens (tertiary/aromatic N) is 2. The highest BCUT2D eigenvalue weighted by Gasteiger charge is 2.32. The van der Waals surface area contributed by atoms with E-state index in [0.29, 0.717) is 24.3 Å². The van der Waals surface area contributed by atoms with E-state index in [-0.39, 0.29) is 29.1 Å². The summed E-state index contributed by atoms with van der Waals surface area (Å²) in [5, 5.41) is 3.02. The normalized spacial score (nSPS) is 12.2. The van der Waals surface area contributed by atoms with Crippen LogP contribution < -0.4 is 14.4 Å². The highest BCUT2D eigenvalue weighted by molar-refractivity contribution is 7.92. The molecule has 0 radical (unpaired) electrons. The molecule has 2 amide bonds. The van der Waals surface area contributed by atoms with E-state index in [1.807, 2.05) is 13.8 Å². The predicted molar refractivity (Wildman–Crippen MR) is 139 cm³/mol. The summed E-state index contributed by atoms with van der Waals surface area (Å²) in [6.07, 6.45) is 1.28. The van der Waals surface area contributed by atoms with E-state index in [1.54, 1.807) is 6.92 Å². The molecular weight excluding hydrogens is 509 g/mol. The zero-order valence-corrected chi connectivity index (χ0v) is 22.7. The molecule has 1 unspecified atom stereocenters. The third-order valence-corrected chi connectivity index (χ3v) is 6.88. The van der Waals surface area contributed by atoms with E-state index in [4.69, 9.17) is 16.3 Å². The van der Waals surface area contributed by atoms with Gasteiger partial charge in [0.15, 0.2) is 0 Å². The first-order valence-electron chi connectivity index (χ1n) is 11.5. The third-order valence-electron chi connectivity index (χ3n) is 5.44. The summed E-state index contributed by atoms with van der Waals surface area (Å²) in [4.78, 5) is 27.9. The van der Waals surface area contributed by atoms with Gasteiger partial charge in [-0.15, -0.1) is 0 Å². The van der Waals surface area contributed by atoms with Gasteiger partial charge in [-0.2, -0.15) is 0 Å². The molecule has 0 heterocycles. The van der Waals surface area contributed by atoms with Crippen molar-refractivity contribution in [3.63, 3.8) is 0 Å². The molecule has 0 aliphatic heterocycles. The standard InChI is InChI=1S/C25H33ClFN3O5S/c1-6-22(25(32)28-14-17(2)3)29(15-18-7-9-19(27)10-8-18)24(31)16-30(36(5,33)34)20-11-12-23(35-4)21(26)13-20/h7-13,17,22H,6,14-16H2,1-5H3,(H,28,32). The quantitative estimate of drug-likeness (QED) is 0.440. The average Bonchev–Trinajstić information content (AvgIpc) is 2.81. The Morgan fingerprint density at radius 1 is 1.14 bits per heavy atom. The van der Waals surface area contributed by atoms with E-state index in [2.05, 4.69) is 5.32 Å². The Morgan fingerprint density at radius 2 is 1.78 bits per heavy atom. The van der Waals surface area contributed by atoms with Crippen molar-refractivity contribution in [3.05, 3.63) is 58.9 Å². The number of nitrogens with one attached hydrogen (secondary N) is 1. The van der Waals surface area contributed by atoms with E-state index in [9.17, 15) is 22.4 Å². The number of benzene rings is 2. The van der Waals surface area contributed by atoms with Gasteiger partial charge in [-0.3, -0.25) is 13.9 Å². The van der Waals surface area contributed by atoms with E-state index < -0.39 is 34.3 Å². The fourth-order valence-corrected chi connectivity index (χ4v) is 4.65. The van der Waals surface area contributed by atoms with Gasteiger partial charge in [0.05, 0.1) is 24.1 Å². The molecule has 1 N–H and O–H groups in total. The third kappa shape index (κ3) is 8.09. The van der Waals surface area contributed by atoms with Gasteiger partial charge in [0.1, 0.15) is 24.2 Å². The van der Waals surface area contributed by atoms with Crippen LogP contribution in [-0.2, 0) is 26.2 Å². The van der Waals surface area contributed by atoms with Gasteiger partial charge in [0.2, 0.25) is 21.8 Å². The predicted octanol–water partition coefficient (Wildman–Crippen LogP) is 3.83. The highest BCUT2D eigenvalue weighted by Crippen LogP contribution is 2.30. The Labute approximate surface area is 217 Å². The second-order valence-electron chi connectivity index (χ2n) is 8.80. The van der Waals surface area contributed by atoms with Gasteiger partial charge < -0.3 is 15.0 Å². The first-order chi connectivity index (χ1) is 16.9. The summed E-state index contributed by atoms with van der Waals surface area (Å²) in [6.45, 7) is 5.53. The average molecular weight is 542 g/mol. The van der Waals surface area contributed by atoms with Crippen LogP contribution >= 0.6 is 11.6 Å². The van der Waals surface area contributed by atoms with E-state index >= 15 is 0 Å². The molecule has 0 bridgehead atoms. The van der Waals surface area contributed by atoms with Crippen molar-refractivity contribution in [2.45, 2.75) is 39.8 Å². The van der Waals surface area contributed by atoms with Crippen LogP contribution in [0.2, 0.25) is 5.02 Å². The van der Waals surface area contributed by atoms with E-state index in [0.717, 1.165) is 10.6 Å². The van der Waals surface area contributed by atoms with Gasteiger partial charge in [0, 0.05) is 13.1 Å². The van der Waals surface area contributed by atoms with Crippen molar-refractivity contribution in [1.82, 2.24) is 10.2 Å². The molecule has 2 aromatic rings. The zero-order valence-electron chi connectivity index (χ0n) is 21.1. The minimum absolute atomic E-state index is 0.00626.